The molecule has 21 heavy (non-hydrogen) atoms. The van der Waals surface area contributed by atoms with Gasteiger partial charge in [0.2, 0.25) is 0 Å². The van der Waals surface area contributed by atoms with Crippen molar-refractivity contribution in [2.75, 3.05) is 11.5 Å². The number of halogens is 1. The number of benzene rings is 1. The summed E-state index contributed by atoms with van der Waals surface area (Å²) in [5.41, 5.74) is 1.38. The molecule has 0 N–H and O–H groups in total. The van der Waals surface area contributed by atoms with Crippen molar-refractivity contribution in [1.82, 2.24) is 9.55 Å². The molecule has 2 aromatic rings. The number of aryl methyl sites for hydroxylation is 2. The van der Waals surface area contributed by atoms with Gasteiger partial charge in [0.25, 0.3) is 0 Å². The van der Waals surface area contributed by atoms with E-state index in [0.717, 1.165) is 18.0 Å². The summed E-state index contributed by atoms with van der Waals surface area (Å²) < 4.78 is 2.55. The third-order valence-electron chi connectivity index (χ3n) is 3.83. The van der Waals surface area contributed by atoms with E-state index < -0.39 is 0 Å². The van der Waals surface area contributed by atoms with Gasteiger partial charge in [-0.3, -0.25) is 0 Å². The SMILES string of the molecule is Clc1ccc(CCC2(CCn3ccnc3)SCCS2)cc1. The molecular weight excluding hydrogens is 320 g/mol. The van der Waals surface area contributed by atoms with E-state index in [1.807, 2.05) is 24.7 Å². The molecule has 1 aromatic carbocycles. The van der Waals surface area contributed by atoms with Gasteiger partial charge in [0.15, 0.2) is 0 Å². The predicted molar refractivity (Wildman–Crippen MR) is 94.3 cm³/mol. The largest absolute Gasteiger partial charge is 0.337 e. The second-order valence-corrected chi connectivity index (χ2v) is 8.94. The van der Waals surface area contributed by atoms with Crippen molar-refractivity contribution >= 4 is 35.1 Å². The Hall–Kier alpha value is -0.580. The van der Waals surface area contributed by atoms with E-state index >= 15 is 0 Å². The molecule has 1 fully saturated rings. The zero-order valence-corrected chi connectivity index (χ0v) is 14.3. The Morgan fingerprint density at radius 3 is 2.57 bits per heavy atom. The Bertz CT molecular complexity index is 548. The lowest BCUT2D eigenvalue weighted by molar-refractivity contribution is 0.574. The van der Waals surface area contributed by atoms with Crippen LogP contribution in [0.15, 0.2) is 43.0 Å². The minimum Gasteiger partial charge on any atom is -0.337 e. The van der Waals surface area contributed by atoms with Gasteiger partial charge in [-0.15, -0.1) is 23.5 Å². The van der Waals surface area contributed by atoms with Crippen LogP contribution >= 0.6 is 35.1 Å². The molecule has 0 amide bonds. The number of nitrogens with zero attached hydrogens (tertiary/aromatic N) is 2. The fourth-order valence-electron chi connectivity index (χ4n) is 2.61. The normalized spacial score (nSPS) is 17.2. The number of rotatable bonds is 6. The van der Waals surface area contributed by atoms with E-state index in [2.05, 4.69) is 51.4 Å². The van der Waals surface area contributed by atoms with E-state index in [-0.39, 0.29) is 0 Å². The zero-order valence-electron chi connectivity index (χ0n) is 11.9. The summed E-state index contributed by atoms with van der Waals surface area (Å²) in [6.45, 7) is 1.06. The number of hydrogen-bond acceptors (Lipinski definition) is 3. The van der Waals surface area contributed by atoms with Crippen LogP contribution in [-0.2, 0) is 13.0 Å². The Morgan fingerprint density at radius 1 is 1.14 bits per heavy atom. The van der Waals surface area contributed by atoms with E-state index in [0.29, 0.717) is 4.08 Å². The summed E-state index contributed by atoms with van der Waals surface area (Å²) >= 11 is 10.2. The summed E-state index contributed by atoms with van der Waals surface area (Å²) in [6, 6.07) is 8.28. The second-order valence-electron chi connectivity index (χ2n) is 5.28. The van der Waals surface area contributed by atoms with Crippen LogP contribution in [0.2, 0.25) is 5.02 Å². The third kappa shape index (κ3) is 4.21. The molecule has 2 heterocycles. The molecule has 1 saturated heterocycles. The van der Waals surface area contributed by atoms with Gasteiger partial charge in [-0.1, -0.05) is 23.7 Å². The minimum atomic E-state index is 0.365. The van der Waals surface area contributed by atoms with Crippen molar-refractivity contribution in [3.8, 4) is 0 Å². The molecule has 1 aromatic heterocycles. The molecule has 112 valence electrons. The highest BCUT2D eigenvalue weighted by molar-refractivity contribution is 8.21. The standard InChI is InChI=1S/C16H19ClN2S2/c17-15-3-1-14(2-4-15)5-6-16(20-11-12-21-16)7-9-19-10-8-18-13-19/h1-4,8,10,13H,5-7,9,11-12H2. The number of hydrogen-bond donors (Lipinski definition) is 0. The van der Waals surface area contributed by atoms with Gasteiger partial charge in [0.1, 0.15) is 0 Å². The van der Waals surface area contributed by atoms with Crippen molar-refractivity contribution in [2.45, 2.75) is 29.9 Å². The van der Waals surface area contributed by atoms with Crippen molar-refractivity contribution in [3.63, 3.8) is 0 Å². The van der Waals surface area contributed by atoms with Gasteiger partial charge in [0, 0.05) is 35.5 Å². The van der Waals surface area contributed by atoms with Crippen LogP contribution in [-0.4, -0.2) is 25.1 Å². The molecule has 0 unspecified atom stereocenters. The lowest BCUT2D eigenvalue weighted by Gasteiger charge is -2.27. The van der Waals surface area contributed by atoms with Crippen LogP contribution in [0.25, 0.3) is 0 Å². The number of aromatic nitrogens is 2. The molecular formula is C16H19ClN2S2. The van der Waals surface area contributed by atoms with E-state index in [1.165, 1.54) is 29.9 Å². The zero-order chi connectivity index (χ0) is 14.5. The van der Waals surface area contributed by atoms with E-state index in [1.54, 1.807) is 0 Å². The molecule has 0 saturated carbocycles. The molecule has 1 aliphatic heterocycles. The minimum absolute atomic E-state index is 0.365. The molecule has 1 aliphatic rings. The summed E-state index contributed by atoms with van der Waals surface area (Å²) in [5.74, 6) is 2.55. The number of thioether (sulfide) groups is 2. The molecule has 0 spiro atoms. The van der Waals surface area contributed by atoms with E-state index in [9.17, 15) is 0 Å². The monoisotopic (exact) mass is 338 g/mol. The summed E-state index contributed by atoms with van der Waals surface area (Å²) in [5, 5.41) is 0.818. The van der Waals surface area contributed by atoms with Crippen LogP contribution in [0, 0.1) is 0 Å². The molecule has 3 rings (SSSR count). The predicted octanol–water partition coefficient (Wildman–Crippen LogP) is 4.74. The van der Waals surface area contributed by atoms with E-state index in [4.69, 9.17) is 11.6 Å². The first-order valence-electron chi connectivity index (χ1n) is 7.24. The summed E-state index contributed by atoms with van der Waals surface area (Å²) in [4.78, 5) is 4.13. The fraction of sp³-hybridized carbons (Fsp3) is 0.438. The lowest BCUT2D eigenvalue weighted by atomic mass is 10.1. The molecule has 0 aliphatic carbocycles. The van der Waals surface area contributed by atoms with Crippen molar-refractivity contribution in [1.29, 1.82) is 0 Å². The Kier molecular flexibility index (Phi) is 5.19. The molecule has 5 heteroatoms. The highest BCUT2D eigenvalue weighted by Gasteiger charge is 2.34. The quantitative estimate of drug-likeness (QED) is 0.758. The highest BCUT2D eigenvalue weighted by Crippen LogP contribution is 2.49. The van der Waals surface area contributed by atoms with Crippen LogP contribution in [0.4, 0.5) is 0 Å². The third-order valence-corrected chi connectivity index (χ3v) is 7.73. The first-order valence-corrected chi connectivity index (χ1v) is 9.59. The molecule has 0 bridgehead atoms. The Morgan fingerprint density at radius 2 is 1.90 bits per heavy atom. The smallest absolute Gasteiger partial charge is 0.0945 e. The van der Waals surface area contributed by atoms with Gasteiger partial charge < -0.3 is 4.57 Å². The summed E-state index contributed by atoms with van der Waals surface area (Å²) in [7, 11) is 0. The van der Waals surface area contributed by atoms with Gasteiger partial charge >= 0.3 is 0 Å². The van der Waals surface area contributed by atoms with Crippen LogP contribution in [0.3, 0.4) is 0 Å². The highest BCUT2D eigenvalue weighted by atomic mass is 35.5. The van der Waals surface area contributed by atoms with Gasteiger partial charge in [-0.2, -0.15) is 0 Å². The average molecular weight is 339 g/mol. The average Bonchev–Trinajstić information content (AvgIpc) is 3.17. The topological polar surface area (TPSA) is 17.8 Å². The van der Waals surface area contributed by atoms with Gasteiger partial charge in [0.05, 0.1) is 10.4 Å². The second kappa shape index (κ2) is 7.12. The first kappa shape index (κ1) is 15.3. The molecule has 2 nitrogen and oxygen atoms in total. The van der Waals surface area contributed by atoms with Crippen LogP contribution in [0.5, 0.6) is 0 Å². The van der Waals surface area contributed by atoms with Crippen molar-refractivity contribution in [2.24, 2.45) is 0 Å². The Balaban J connectivity index is 1.59. The summed E-state index contributed by atoms with van der Waals surface area (Å²) in [6.07, 6.45) is 9.37. The maximum Gasteiger partial charge on any atom is 0.0945 e. The van der Waals surface area contributed by atoms with Gasteiger partial charge in [-0.25, -0.2) is 4.98 Å². The maximum absolute atomic E-state index is 5.96. The van der Waals surface area contributed by atoms with Crippen LogP contribution < -0.4 is 0 Å². The lowest BCUT2D eigenvalue weighted by Crippen LogP contribution is -2.20. The van der Waals surface area contributed by atoms with Crippen LogP contribution in [0.1, 0.15) is 18.4 Å². The number of imidazole rings is 1. The first-order chi connectivity index (χ1) is 10.3. The van der Waals surface area contributed by atoms with Gasteiger partial charge in [-0.05, 0) is 37.0 Å². The molecule has 0 atom stereocenters. The van der Waals surface area contributed by atoms with Crippen molar-refractivity contribution in [3.05, 3.63) is 53.6 Å². The molecule has 0 radical (unpaired) electrons. The fourth-order valence-corrected chi connectivity index (χ4v) is 5.95. The Labute approximate surface area is 139 Å². The van der Waals surface area contributed by atoms with Crippen molar-refractivity contribution < 1.29 is 0 Å². The maximum atomic E-state index is 5.96.